The third-order valence-electron chi connectivity index (χ3n) is 3.32. The van der Waals surface area contributed by atoms with E-state index in [0.29, 0.717) is 6.04 Å². The Hall–Kier alpha value is -2.08. The molecule has 1 N–H and O–H groups in total. The van der Waals surface area contributed by atoms with Gasteiger partial charge in [0.25, 0.3) is 0 Å². The van der Waals surface area contributed by atoms with Gasteiger partial charge in [-0.15, -0.1) is 0 Å². The number of hydrogen-bond donors (Lipinski definition) is 1. The summed E-state index contributed by atoms with van der Waals surface area (Å²) in [6.45, 7) is 2.59. The first-order valence-electron chi connectivity index (χ1n) is 6.80. The Morgan fingerprint density at radius 3 is 2.76 bits per heavy atom. The van der Waals surface area contributed by atoms with Crippen LogP contribution in [0.3, 0.4) is 0 Å². The molecule has 1 aromatic carbocycles. The molecule has 0 bridgehead atoms. The van der Waals surface area contributed by atoms with E-state index in [1.807, 2.05) is 6.92 Å². The minimum Gasteiger partial charge on any atom is -0.424 e. The molecule has 4 nitrogen and oxygen atoms in total. The van der Waals surface area contributed by atoms with Crippen molar-refractivity contribution in [2.75, 3.05) is 0 Å². The SMILES string of the molecule is Cc1nc(Oc2ccc(F)c(F)c2)ncc1CNC1CC1. The summed E-state index contributed by atoms with van der Waals surface area (Å²) in [5, 5.41) is 3.38. The summed E-state index contributed by atoms with van der Waals surface area (Å²) >= 11 is 0. The Labute approximate surface area is 121 Å². The molecule has 0 atom stereocenters. The molecule has 2 aromatic rings. The molecule has 0 unspecified atom stereocenters. The van der Waals surface area contributed by atoms with E-state index in [0.717, 1.165) is 29.9 Å². The summed E-state index contributed by atoms with van der Waals surface area (Å²) in [7, 11) is 0. The fourth-order valence-corrected chi connectivity index (χ4v) is 1.88. The summed E-state index contributed by atoms with van der Waals surface area (Å²) in [5.74, 6) is -1.72. The Kier molecular flexibility index (Phi) is 3.79. The van der Waals surface area contributed by atoms with Gasteiger partial charge in [-0.1, -0.05) is 0 Å². The highest BCUT2D eigenvalue weighted by atomic mass is 19.2. The van der Waals surface area contributed by atoms with Crippen molar-refractivity contribution in [2.45, 2.75) is 32.4 Å². The Morgan fingerprint density at radius 1 is 1.29 bits per heavy atom. The van der Waals surface area contributed by atoms with Gasteiger partial charge in [-0.05, 0) is 31.9 Å². The van der Waals surface area contributed by atoms with Crippen LogP contribution in [0, 0.1) is 18.6 Å². The van der Waals surface area contributed by atoms with Gasteiger partial charge in [-0.25, -0.2) is 13.8 Å². The van der Waals surface area contributed by atoms with Gasteiger partial charge in [0.2, 0.25) is 0 Å². The molecule has 21 heavy (non-hydrogen) atoms. The molecule has 1 aliphatic rings. The largest absolute Gasteiger partial charge is 0.424 e. The van der Waals surface area contributed by atoms with Gasteiger partial charge in [0.05, 0.1) is 0 Å². The lowest BCUT2D eigenvalue weighted by Gasteiger charge is -2.08. The van der Waals surface area contributed by atoms with E-state index < -0.39 is 11.6 Å². The predicted molar refractivity (Wildman–Crippen MR) is 73.1 cm³/mol. The van der Waals surface area contributed by atoms with E-state index in [9.17, 15) is 8.78 Å². The summed E-state index contributed by atoms with van der Waals surface area (Å²) in [5.41, 5.74) is 1.80. The average molecular weight is 291 g/mol. The Morgan fingerprint density at radius 2 is 2.10 bits per heavy atom. The van der Waals surface area contributed by atoms with Gasteiger partial charge in [-0.3, -0.25) is 0 Å². The highest BCUT2D eigenvalue weighted by molar-refractivity contribution is 5.27. The van der Waals surface area contributed by atoms with Crippen LogP contribution in [0.15, 0.2) is 24.4 Å². The van der Waals surface area contributed by atoms with Gasteiger partial charge in [0, 0.05) is 36.1 Å². The van der Waals surface area contributed by atoms with Crippen molar-refractivity contribution in [1.29, 1.82) is 0 Å². The molecular formula is C15H15F2N3O. The number of hydrogen-bond acceptors (Lipinski definition) is 4. The fourth-order valence-electron chi connectivity index (χ4n) is 1.88. The zero-order chi connectivity index (χ0) is 14.8. The molecule has 0 amide bonds. The monoisotopic (exact) mass is 291 g/mol. The van der Waals surface area contributed by atoms with Crippen LogP contribution < -0.4 is 10.1 Å². The molecule has 0 radical (unpaired) electrons. The van der Waals surface area contributed by atoms with Crippen LogP contribution in [-0.2, 0) is 6.54 Å². The topological polar surface area (TPSA) is 47.0 Å². The molecule has 110 valence electrons. The maximum atomic E-state index is 13.1. The Balaban J connectivity index is 1.70. The Bertz CT molecular complexity index is 659. The normalized spacial score (nSPS) is 14.2. The number of aromatic nitrogens is 2. The molecule has 1 fully saturated rings. The number of nitrogens with one attached hydrogen (secondary N) is 1. The third-order valence-corrected chi connectivity index (χ3v) is 3.32. The molecule has 1 aliphatic carbocycles. The quantitative estimate of drug-likeness (QED) is 0.919. The highest BCUT2D eigenvalue weighted by Gasteiger charge is 2.20. The molecule has 6 heteroatoms. The molecule has 1 saturated carbocycles. The van der Waals surface area contributed by atoms with Crippen molar-refractivity contribution in [1.82, 2.24) is 15.3 Å². The fraction of sp³-hybridized carbons (Fsp3) is 0.333. The van der Waals surface area contributed by atoms with E-state index in [4.69, 9.17) is 4.74 Å². The van der Waals surface area contributed by atoms with Crippen LogP contribution in [0.4, 0.5) is 8.78 Å². The van der Waals surface area contributed by atoms with Crippen LogP contribution in [-0.4, -0.2) is 16.0 Å². The second kappa shape index (κ2) is 5.73. The summed E-state index contributed by atoms with van der Waals surface area (Å²) < 4.78 is 31.3. The standard InChI is InChI=1S/C15H15F2N3O/c1-9-10(7-18-11-2-3-11)8-19-15(20-9)21-12-4-5-13(16)14(17)6-12/h4-6,8,11,18H,2-3,7H2,1H3. The third kappa shape index (κ3) is 3.52. The summed E-state index contributed by atoms with van der Waals surface area (Å²) in [4.78, 5) is 8.33. The average Bonchev–Trinajstić information content (AvgIpc) is 3.26. The molecule has 1 aromatic heterocycles. The lowest BCUT2D eigenvalue weighted by atomic mass is 10.2. The number of ether oxygens (including phenoxy) is 1. The van der Waals surface area contributed by atoms with Crippen LogP contribution in [0.2, 0.25) is 0 Å². The van der Waals surface area contributed by atoms with Crippen molar-refractivity contribution in [3.63, 3.8) is 0 Å². The van der Waals surface area contributed by atoms with Crippen molar-refractivity contribution >= 4 is 0 Å². The number of halogens is 2. The maximum Gasteiger partial charge on any atom is 0.322 e. The molecule has 1 heterocycles. The first-order valence-corrected chi connectivity index (χ1v) is 6.80. The van der Waals surface area contributed by atoms with Gasteiger partial charge < -0.3 is 10.1 Å². The van der Waals surface area contributed by atoms with Crippen LogP contribution >= 0.6 is 0 Å². The van der Waals surface area contributed by atoms with Gasteiger partial charge >= 0.3 is 6.01 Å². The predicted octanol–water partition coefficient (Wildman–Crippen LogP) is 3.11. The molecule has 0 spiro atoms. The first kappa shape index (κ1) is 13.9. The van der Waals surface area contributed by atoms with E-state index in [2.05, 4.69) is 15.3 Å². The van der Waals surface area contributed by atoms with Crippen molar-refractivity contribution in [3.8, 4) is 11.8 Å². The molecule has 3 rings (SSSR count). The number of benzene rings is 1. The second-order valence-corrected chi connectivity index (χ2v) is 5.10. The highest BCUT2D eigenvalue weighted by Crippen LogP contribution is 2.22. The lowest BCUT2D eigenvalue weighted by Crippen LogP contribution is -2.16. The van der Waals surface area contributed by atoms with E-state index in [1.54, 1.807) is 6.20 Å². The lowest BCUT2D eigenvalue weighted by molar-refractivity contribution is 0.428. The zero-order valence-corrected chi connectivity index (χ0v) is 11.6. The zero-order valence-electron chi connectivity index (χ0n) is 11.6. The van der Waals surface area contributed by atoms with Crippen LogP contribution in [0.25, 0.3) is 0 Å². The van der Waals surface area contributed by atoms with Gasteiger partial charge in [0.15, 0.2) is 11.6 Å². The first-order chi connectivity index (χ1) is 10.1. The minimum absolute atomic E-state index is 0.119. The second-order valence-electron chi connectivity index (χ2n) is 5.10. The van der Waals surface area contributed by atoms with E-state index in [1.165, 1.54) is 18.9 Å². The molecule has 0 saturated heterocycles. The number of nitrogens with zero attached hydrogens (tertiary/aromatic N) is 2. The van der Waals surface area contributed by atoms with Crippen molar-refractivity contribution in [2.24, 2.45) is 0 Å². The van der Waals surface area contributed by atoms with Crippen LogP contribution in [0.1, 0.15) is 24.1 Å². The number of rotatable bonds is 5. The van der Waals surface area contributed by atoms with Gasteiger partial charge in [0.1, 0.15) is 5.75 Å². The van der Waals surface area contributed by atoms with Gasteiger partial charge in [-0.2, -0.15) is 4.98 Å². The van der Waals surface area contributed by atoms with Crippen LogP contribution in [0.5, 0.6) is 11.8 Å². The van der Waals surface area contributed by atoms with Crippen molar-refractivity contribution < 1.29 is 13.5 Å². The maximum absolute atomic E-state index is 13.1. The van der Waals surface area contributed by atoms with E-state index >= 15 is 0 Å². The van der Waals surface area contributed by atoms with E-state index in [-0.39, 0.29) is 11.8 Å². The summed E-state index contributed by atoms with van der Waals surface area (Å²) in [6, 6.07) is 4.04. The van der Waals surface area contributed by atoms with Crippen molar-refractivity contribution in [3.05, 3.63) is 47.3 Å². The molecular weight excluding hydrogens is 276 g/mol. The summed E-state index contributed by atoms with van der Waals surface area (Å²) in [6.07, 6.45) is 4.13. The molecule has 0 aliphatic heterocycles. The number of aryl methyl sites for hydroxylation is 1. The smallest absolute Gasteiger partial charge is 0.322 e. The minimum atomic E-state index is -0.963.